The van der Waals surface area contributed by atoms with Crippen LogP contribution in [0, 0.1) is 5.82 Å². The van der Waals surface area contributed by atoms with E-state index in [1.807, 2.05) is 20.9 Å². The van der Waals surface area contributed by atoms with E-state index >= 15 is 4.39 Å². The van der Waals surface area contributed by atoms with Crippen molar-refractivity contribution in [2.75, 3.05) is 11.1 Å². The molecule has 3 rings (SSSR count). The lowest BCUT2D eigenvalue weighted by molar-refractivity contribution is 0.102. The number of imidazole rings is 1. The molecule has 2 heterocycles. The first-order valence-corrected chi connectivity index (χ1v) is 10.1. The van der Waals surface area contributed by atoms with E-state index < -0.39 is 11.7 Å². The normalized spacial score (nSPS) is 11.1. The van der Waals surface area contributed by atoms with Crippen molar-refractivity contribution in [2.45, 2.75) is 29.8 Å². The second-order valence-corrected chi connectivity index (χ2v) is 8.38. The fraction of sp³-hybridized carbons (Fsp3) is 0.211. The molecule has 0 spiro atoms. The molecule has 3 aromatic rings. The van der Waals surface area contributed by atoms with Gasteiger partial charge in [-0.25, -0.2) is 14.4 Å². The molecule has 0 atom stereocenters. The summed E-state index contributed by atoms with van der Waals surface area (Å²) in [4.78, 5) is 21.5. The maximum Gasteiger partial charge on any atom is 0.258 e. The van der Waals surface area contributed by atoms with Crippen LogP contribution in [-0.4, -0.2) is 20.4 Å². The minimum absolute atomic E-state index is 0.131. The zero-order valence-corrected chi connectivity index (χ0v) is 17.9. The Hall–Kier alpha value is -2.39. The number of carbonyl (C=O) groups is 1. The van der Waals surface area contributed by atoms with Crippen molar-refractivity contribution < 1.29 is 9.18 Å². The third-order valence-corrected chi connectivity index (χ3v) is 5.64. The Bertz CT molecular complexity index is 1020. The summed E-state index contributed by atoms with van der Waals surface area (Å²) in [5.74, 6) is -0.699. The first kappa shape index (κ1) is 20.3. The highest BCUT2D eigenvalue weighted by Crippen LogP contribution is 2.37. The molecule has 0 radical (unpaired) electrons. The van der Waals surface area contributed by atoms with Crippen molar-refractivity contribution in [1.29, 1.82) is 0 Å². The molecule has 0 aliphatic carbocycles. The van der Waals surface area contributed by atoms with Crippen molar-refractivity contribution in [3.8, 4) is 0 Å². The molecule has 0 saturated heterocycles. The molecule has 0 unspecified atom stereocenters. The molecule has 1 aromatic carbocycles. The maximum absolute atomic E-state index is 15.1. The van der Waals surface area contributed by atoms with E-state index in [1.165, 1.54) is 6.07 Å². The number of carbonyl (C=O) groups excluding carboxylic acids is 1. The van der Waals surface area contributed by atoms with Gasteiger partial charge < -0.3 is 15.6 Å². The van der Waals surface area contributed by atoms with Gasteiger partial charge in [0.2, 0.25) is 0 Å². The summed E-state index contributed by atoms with van der Waals surface area (Å²) in [6.45, 7) is 3.67. The van der Waals surface area contributed by atoms with Gasteiger partial charge in [-0.05, 0) is 51.8 Å². The molecule has 0 aliphatic heterocycles. The second kappa shape index (κ2) is 8.32. The predicted molar refractivity (Wildman–Crippen MR) is 112 cm³/mol. The minimum atomic E-state index is -0.448. The number of aromatic nitrogens is 3. The fourth-order valence-electron chi connectivity index (χ4n) is 2.68. The number of rotatable bonds is 5. The third-order valence-electron chi connectivity index (χ3n) is 4.08. The maximum atomic E-state index is 15.1. The molecular weight excluding hydrogens is 445 g/mol. The van der Waals surface area contributed by atoms with Crippen LogP contribution in [0.15, 0.2) is 51.3 Å². The highest BCUT2D eigenvalue weighted by atomic mass is 79.9. The van der Waals surface area contributed by atoms with Crippen molar-refractivity contribution in [3.63, 3.8) is 0 Å². The Balaban J connectivity index is 2.02. The monoisotopic (exact) mass is 463 g/mol. The number of amides is 1. The van der Waals surface area contributed by atoms with Gasteiger partial charge in [0, 0.05) is 35.7 Å². The van der Waals surface area contributed by atoms with Gasteiger partial charge in [0.15, 0.2) is 5.16 Å². The topological polar surface area (TPSA) is 85.8 Å². The van der Waals surface area contributed by atoms with Gasteiger partial charge in [0.25, 0.3) is 5.91 Å². The summed E-state index contributed by atoms with van der Waals surface area (Å²) in [5, 5.41) is 3.32. The van der Waals surface area contributed by atoms with Crippen LogP contribution in [0.4, 0.5) is 15.9 Å². The first-order valence-electron chi connectivity index (χ1n) is 8.48. The zero-order valence-electron chi connectivity index (χ0n) is 15.5. The second-order valence-electron chi connectivity index (χ2n) is 6.46. The van der Waals surface area contributed by atoms with Crippen molar-refractivity contribution in [1.82, 2.24) is 14.5 Å². The highest BCUT2D eigenvalue weighted by molar-refractivity contribution is 9.10. The Morgan fingerprint density at radius 3 is 2.68 bits per heavy atom. The largest absolute Gasteiger partial charge is 0.398 e. The van der Waals surface area contributed by atoms with Gasteiger partial charge in [-0.2, -0.15) is 0 Å². The van der Waals surface area contributed by atoms with Gasteiger partial charge in [-0.1, -0.05) is 13.8 Å². The number of nitrogens with zero attached hydrogens (tertiary/aromatic N) is 3. The molecule has 0 saturated carbocycles. The summed E-state index contributed by atoms with van der Waals surface area (Å²) < 4.78 is 17.7. The van der Waals surface area contributed by atoms with Gasteiger partial charge in [0.05, 0.1) is 16.1 Å². The van der Waals surface area contributed by atoms with E-state index in [2.05, 4.69) is 31.2 Å². The van der Waals surface area contributed by atoms with Crippen LogP contribution in [0.2, 0.25) is 0 Å². The summed E-state index contributed by atoms with van der Waals surface area (Å²) >= 11 is 4.44. The molecular formula is C19H19BrFN5OS. The predicted octanol–water partition coefficient (Wildman–Crippen LogP) is 4.83. The minimum Gasteiger partial charge on any atom is -0.398 e. The quantitative estimate of drug-likeness (QED) is 0.529. The number of nitrogen functional groups attached to an aromatic ring is 1. The molecule has 9 heteroatoms. The van der Waals surface area contributed by atoms with Crippen LogP contribution in [0.3, 0.4) is 0 Å². The smallest absolute Gasteiger partial charge is 0.258 e. The lowest BCUT2D eigenvalue weighted by atomic mass is 9.97. The first-order chi connectivity index (χ1) is 13.3. The van der Waals surface area contributed by atoms with Crippen LogP contribution < -0.4 is 11.1 Å². The Morgan fingerprint density at radius 2 is 2.11 bits per heavy atom. The zero-order chi connectivity index (χ0) is 20.4. The lowest BCUT2D eigenvalue weighted by Crippen LogP contribution is -2.17. The average molecular weight is 464 g/mol. The highest BCUT2D eigenvalue weighted by Gasteiger charge is 2.23. The standard InChI is InChI=1S/C19H19BrFN5OS/c1-10(2)15-16(21)13(28-19-23-6-7-26(19)3)8-12(17(15)22)18(27)25-14-5-4-11(20)9-24-14/h4-10H,22H2,1-3H3,(H,24,25,27). The Labute approximate surface area is 174 Å². The van der Waals surface area contributed by atoms with Crippen LogP contribution in [0.25, 0.3) is 0 Å². The van der Waals surface area contributed by atoms with E-state index in [4.69, 9.17) is 5.73 Å². The van der Waals surface area contributed by atoms with Crippen LogP contribution in [0.1, 0.15) is 35.7 Å². The summed E-state index contributed by atoms with van der Waals surface area (Å²) in [6, 6.07) is 4.89. The van der Waals surface area contributed by atoms with Crippen molar-refractivity contribution >= 4 is 45.1 Å². The van der Waals surface area contributed by atoms with E-state index in [-0.39, 0.29) is 17.2 Å². The number of nitrogens with one attached hydrogen (secondary N) is 1. The molecule has 0 bridgehead atoms. The molecule has 1 amide bonds. The number of anilines is 2. The van der Waals surface area contributed by atoms with Gasteiger partial charge in [-0.15, -0.1) is 0 Å². The fourth-order valence-corrected chi connectivity index (χ4v) is 3.80. The van der Waals surface area contributed by atoms with Crippen molar-refractivity contribution in [2.24, 2.45) is 7.05 Å². The van der Waals surface area contributed by atoms with E-state index in [0.717, 1.165) is 16.2 Å². The molecule has 3 N–H and O–H groups in total. The molecule has 0 aliphatic rings. The molecule has 6 nitrogen and oxygen atoms in total. The van der Waals surface area contributed by atoms with Gasteiger partial charge in [-0.3, -0.25) is 4.79 Å². The molecule has 0 fully saturated rings. The van der Waals surface area contributed by atoms with E-state index in [0.29, 0.717) is 21.4 Å². The SMILES string of the molecule is CC(C)c1c(N)c(C(=O)Nc2ccc(Br)cn2)cc(Sc2nccn2C)c1F. The van der Waals surface area contributed by atoms with Crippen molar-refractivity contribution in [3.05, 3.63) is 58.2 Å². The average Bonchev–Trinajstić information content (AvgIpc) is 3.03. The van der Waals surface area contributed by atoms with E-state index in [1.54, 1.807) is 35.3 Å². The van der Waals surface area contributed by atoms with Gasteiger partial charge >= 0.3 is 0 Å². The molecule has 28 heavy (non-hydrogen) atoms. The third kappa shape index (κ3) is 4.20. The summed E-state index contributed by atoms with van der Waals surface area (Å²) in [7, 11) is 1.82. The number of pyridine rings is 1. The number of aryl methyl sites for hydroxylation is 1. The Morgan fingerprint density at radius 1 is 1.36 bits per heavy atom. The number of hydrogen-bond donors (Lipinski definition) is 2. The van der Waals surface area contributed by atoms with Crippen LogP contribution >= 0.6 is 27.7 Å². The van der Waals surface area contributed by atoms with Gasteiger partial charge in [0.1, 0.15) is 11.6 Å². The number of benzene rings is 1. The van der Waals surface area contributed by atoms with Crippen LogP contribution in [0.5, 0.6) is 0 Å². The molecule has 146 valence electrons. The van der Waals surface area contributed by atoms with Crippen LogP contribution in [-0.2, 0) is 7.05 Å². The number of nitrogens with two attached hydrogens (primary N) is 1. The van der Waals surface area contributed by atoms with E-state index in [9.17, 15) is 4.79 Å². The number of halogens is 2. The summed E-state index contributed by atoms with van der Waals surface area (Å²) in [5.41, 5.74) is 6.82. The summed E-state index contributed by atoms with van der Waals surface area (Å²) in [6.07, 6.45) is 4.98. The Kier molecular flexibility index (Phi) is 6.04. The lowest BCUT2D eigenvalue weighted by Gasteiger charge is -2.17. The number of hydrogen-bond acceptors (Lipinski definition) is 5. The molecule has 2 aromatic heterocycles.